The predicted octanol–water partition coefficient (Wildman–Crippen LogP) is 3.38. The van der Waals surface area contributed by atoms with Crippen molar-refractivity contribution in [2.45, 2.75) is 13.0 Å². The van der Waals surface area contributed by atoms with Gasteiger partial charge < -0.3 is 14.8 Å². The maximum Gasteiger partial charge on any atom is 0.251 e. The molecule has 6 heteroatoms. The highest BCUT2D eigenvalue weighted by Crippen LogP contribution is 2.29. The summed E-state index contributed by atoms with van der Waals surface area (Å²) in [5.41, 5.74) is 2.33. The quantitative estimate of drug-likeness (QED) is 0.739. The molecule has 0 bridgehead atoms. The Bertz CT molecular complexity index is 874. The number of ether oxygens (including phenoxy) is 2. The number of rotatable bonds is 6. The van der Waals surface area contributed by atoms with Crippen LogP contribution in [-0.2, 0) is 0 Å². The molecule has 0 radical (unpaired) electrons. The van der Waals surface area contributed by atoms with E-state index in [2.05, 4.69) is 10.4 Å². The number of nitrogens with zero attached hydrogens (tertiary/aromatic N) is 2. The minimum Gasteiger partial charge on any atom is -0.497 e. The summed E-state index contributed by atoms with van der Waals surface area (Å²) in [6.07, 6.45) is 3.57. The number of benzene rings is 2. The molecule has 0 spiro atoms. The molecular weight excluding hydrogens is 330 g/mol. The van der Waals surface area contributed by atoms with Gasteiger partial charge in [0, 0.05) is 23.5 Å². The lowest BCUT2D eigenvalue weighted by molar-refractivity contribution is 0.0939. The van der Waals surface area contributed by atoms with E-state index in [0.29, 0.717) is 17.1 Å². The van der Waals surface area contributed by atoms with Crippen molar-refractivity contribution in [1.82, 2.24) is 15.1 Å². The molecule has 1 atom stereocenters. The Kier molecular flexibility index (Phi) is 5.22. The fraction of sp³-hybridized carbons (Fsp3) is 0.200. The second-order valence-corrected chi connectivity index (χ2v) is 5.80. The zero-order valence-electron chi connectivity index (χ0n) is 15.0. The first-order valence-corrected chi connectivity index (χ1v) is 8.25. The summed E-state index contributed by atoms with van der Waals surface area (Å²) in [4.78, 5) is 12.6. The van der Waals surface area contributed by atoms with Crippen LogP contribution < -0.4 is 14.8 Å². The number of carbonyl (C=O) groups excluding carboxylic acids is 1. The van der Waals surface area contributed by atoms with Gasteiger partial charge in [-0.15, -0.1) is 0 Å². The molecule has 2 aromatic carbocycles. The molecule has 3 aromatic rings. The fourth-order valence-electron chi connectivity index (χ4n) is 2.72. The Morgan fingerprint density at radius 1 is 1.12 bits per heavy atom. The van der Waals surface area contributed by atoms with E-state index >= 15 is 0 Å². The number of hydrogen-bond donors (Lipinski definition) is 1. The Morgan fingerprint density at radius 2 is 1.88 bits per heavy atom. The van der Waals surface area contributed by atoms with Gasteiger partial charge in [-0.2, -0.15) is 5.10 Å². The topological polar surface area (TPSA) is 65.4 Å². The van der Waals surface area contributed by atoms with Crippen molar-refractivity contribution < 1.29 is 14.3 Å². The van der Waals surface area contributed by atoms with Gasteiger partial charge in [0.1, 0.15) is 11.5 Å². The van der Waals surface area contributed by atoms with E-state index in [9.17, 15) is 4.79 Å². The molecule has 1 amide bonds. The molecule has 1 heterocycles. The highest BCUT2D eigenvalue weighted by Gasteiger charge is 2.16. The van der Waals surface area contributed by atoms with E-state index in [-0.39, 0.29) is 11.9 Å². The minimum atomic E-state index is -0.238. The largest absolute Gasteiger partial charge is 0.497 e. The van der Waals surface area contributed by atoms with Gasteiger partial charge in [-0.1, -0.05) is 0 Å². The number of carbonyl (C=O) groups is 1. The van der Waals surface area contributed by atoms with Crippen LogP contribution >= 0.6 is 0 Å². The first kappa shape index (κ1) is 17.5. The summed E-state index contributed by atoms with van der Waals surface area (Å²) in [6.45, 7) is 1.91. The molecule has 0 unspecified atom stereocenters. The Labute approximate surface area is 152 Å². The van der Waals surface area contributed by atoms with Gasteiger partial charge in [0.25, 0.3) is 5.91 Å². The predicted molar refractivity (Wildman–Crippen MR) is 99.0 cm³/mol. The number of amides is 1. The summed E-state index contributed by atoms with van der Waals surface area (Å²) in [7, 11) is 3.21. The third kappa shape index (κ3) is 3.69. The Morgan fingerprint density at radius 3 is 2.50 bits per heavy atom. The number of nitrogens with one attached hydrogen (secondary N) is 1. The fourth-order valence-corrected chi connectivity index (χ4v) is 2.72. The average molecular weight is 351 g/mol. The standard InChI is InChI=1S/C20H21N3O3/c1-14(18-13-17(25-2)9-10-19(18)26-3)22-20(24)15-5-7-16(8-6-15)23-12-4-11-21-23/h4-14H,1-3H3,(H,22,24)/t14-/m0/s1. The van der Waals surface area contributed by atoms with E-state index in [1.54, 1.807) is 37.2 Å². The second kappa shape index (κ2) is 7.74. The molecule has 0 aliphatic carbocycles. The smallest absolute Gasteiger partial charge is 0.251 e. The van der Waals surface area contributed by atoms with Crippen molar-refractivity contribution in [3.05, 3.63) is 72.1 Å². The normalized spacial score (nSPS) is 11.7. The third-order valence-corrected chi connectivity index (χ3v) is 4.15. The monoisotopic (exact) mass is 351 g/mol. The number of hydrogen-bond acceptors (Lipinski definition) is 4. The van der Waals surface area contributed by atoms with Crippen LogP contribution in [0.1, 0.15) is 28.9 Å². The van der Waals surface area contributed by atoms with Gasteiger partial charge in [0.2, 0.25) is 0 Å². The van der Waals surface area contributed by atoms with E-state index < -0.39 is 0 Å². The Balaban J connectivity index is 1.75. The highest BCUT2D eigenvalue weighted by atomic mass is 16.5. The summed E-state index contributed by atoms with van der Waals surface area (Å²) in [5, 5.41) is 7.17. The van der Waals surface area contributed by atoms with Gasteiger partial charge in [0.15, 0.2) is 0 Å². The van der Waals surface area contributed by atoms with Gasteiger partial charge >= 0.3 is 0 Å². The van der Waals surface area contributed by atoms with Gasteiger partial charge in [-0.3, -0.25) is 4.79 Å². The molecule has 6 nitrogen and oxygen atoms in total. The lowest BCUT2D eigenvalue weighted by Gasteiger charge is -2.18. The first-order chi connectivity index (χ1) is 12.6. The van der Waals surface area contributed by atoms with E-state index in [1.165, 1.54) is 0 Å². The molecule has 1 aromatic heterocycles. The van der Waals surface area contributed by atoms with Gasteiger partial charge in [0.05, 0.1) is 25.9 Å². The summed E-state index contributed by atoms with van der Waals surface area (Å²) >= 11 is 0. The average Bonchev–Trinajstić information content (AvgIpc) is 3.22. The molecule has 0 saturated heterocycles. The zero-order valence-corrected chi connectivity index (χ0v) is 15.0. The van der Waals surface area contributed by atoms with Crippen LogP contribution in [-0.4, -0.2) is 29.9 Å². The third-order valence-electron chi connectivity index (χ3n) is 4.15. The van der Waals surface area contributed by atoms with E-state index in [4.69, 9.17) is 9.47 Å². The van der Waals surface area contributed by atoms with Crippen molar-refractivity contribution in [1.29, 1.82) is 0 Å². The van der Waals surface area contributed by atoms with Crippen molar-refractivity contribution in [2.75, 3.05) is 14.2 Å². The number of aromatic nitrogens is 2. The molecule has 0 aliphatic heterocycles. The van der Waals surface area contributed by atoms with Crippen LogP contribution in [0.4, 0.5) is 0 Å². The summed E-state index contributed by atoms with van der Waals surface area (Å²) in [5.74, 6) is 1.26. The van der Waals surface area contributed by atoms with Crippen LogP contribution in [0.5, 0.6) is 11.5 Å². The number of methoxy groups -OCH3 is 2. The lowest BCUT2D eigenvalue weighted by atomic mass is 10.1. The van der Waals surface area contributed by atoms with Crippen LogP contribution in [0.2, 0.25) is 0 Å². The maximum absolute atomic E-state index is 12.6. The molecule has 134 valence electrons. The minimum absolute atomic E-state index is 0.158. The summed E-state index contributed by atoms with van der Waals surface area (Å²) < 4.78 is 12.4. The molecule has 1 N–H and O–H groups in total. The first-order valence-electron chi connectivity index (χ1n) is 8.25. The lowest BCUT2D eigenvalue weighted by Crippen LogP contribution is -2.27. The van der Waals surface area contributed by atoms with Gasteiger partial charge in [-0.25, -0.2) is 4.68 Å². The highest BCUT2D eigenvalue weighted by molar-refractivity contribution is 5.94. The SMILES string of the molecule is COc1ccc(OC)c([C@H](C)NC(=O)c2ccc(-n3cccn3)cc2)c1. The molecule has 0 saturated carbocycles. The maximum atomic E-state index is 12.6. The molecular formula is C20H21N3O3. The van der Waals surface area contributed by atoms with Crippen molar-refractivity contribution in [3.63, 3.8) is 0 Å². The van der Waals surface area contributed by atoms with Crippen LogP contribution in [0.15, 0.2) is 60.9 Å². The van der Waals surface area contributed by atoms with E-state index in [0.717, 1.165) is 11.3 Å². The molecule has 0 aliphatic rings. The van der Waals surface area contributed by atoms with Crippen LogP contribution in [0.25, 0.3) is 5.69 Å². The second-order valence-electron chi connectivity index (χ2n) is 5.80. The van der Waals surface area contributed by atoms with Gasteiger partial charge in [-0.05, 0) is 55.5 Å². The van der Waals surface area contributed by atoms with Crippen molar-refractivity contribution >= 4 is 5.91 Å². The van der Waals surface area contributed by atoms with Crippen LogP contribution in [0, 0.1) is 0 Å². The summed E-state index contributed by atoms with van der Waals surface area (Å²) in [6, 6.07) is 14.4. The van der Waals surface area contributed by atoms with E-state index in [1.807, 2.05) is 49.5 Å². The molecule has 3 rings (SSSR count). The van der Waals surface area contributed by atoms with Crippen LogP contribution in [0.3, 0.4) is 0 Å². The zero-order chi connectivity index (χ0) is 18.5. The van der Waals surface area contributed by atoms with Crippen molar-refractivity contribution in [3.8, 4) is 17.2 Å². The van der Waals surface area contributed by atoms with Crippen molar-refractivity contribution in [2.24, 2.45) is 0 Å². The Hall–Kier alpha value is -3.28. The molecule has 0 fully saturated rings. The molecule has 26 heavy (non-hydrogen) atoms.